The number of nitrogens with zero attached hydrogens (tertiary/aromatic N) is 7. The number of carbonyl (C=O) groups excluding carboxylic acids is 4. The molecule has 2 saturated heterocycles. The van der Waals surface area contributed by atoms with Crippen molar-refractivity contribution in [1.29, 1.82) is 0 Å². The maximum absolute atomic E-state index is 12.5. The van der Waals surface area contributed by atoms with Crippen molar-refractivity contribution in [3.05, 3.63) is 244 Å². The average molecular weight is 1610 g/mol. The van der Waals surface area contributed by atoms with Gasteiger partial charge in [-0.05, 0) is 184 Å². The lowest BCUT2D eigenvalue weighted by Crippen LogP contribution is -2.36. The number of amides is 3. The molecule has 16 nitrogen and oxygen atoms in total. The number of hydrogen-bond donors (Lipinski definition) is 4. The number of Topliss-reactive ketones (excluding diaryl/α,β-unsaturated/α-hetero) is 2. The van der Waals surface area contributed by atoms with Crippen molar-refractivity contribution in [1.82, 2.24) is 16.0 Å². The van der Waals surface area contributed by atoms with Gasteiger partial charge < -0.3 is 55.2 Å². The highest BCUT2D eigenvalue weighted by Gasteiger charge is 2.42. The molecule has 2 aliphatic heterocycles. The number of hydrogen-bond acceptors (Lipinski definition) is 13. The number of ether oxygens (including phenoxy) is 1. The van der Waals surface area contributed by atoms with Crippen LogP contribution in [0.15, 0.2) is 194 Å². The molecular formula is C101H128N10O6S. The first-order chi connectivity index (χ1) is 57.3. The third-order valence-corrected chi connectivity index (χ3v) is 23.7. The molecule has 9 aromatic carbocycles. The van der Waals surface area contributed by atoms with E-state index in [0.29, 0.717) is 79.9 Å². The zero-order valence-electron chi connectivity index (χ0n) is 71.7. The Hall–Kier alpha value is -10.6. The second-order valence-corrected chi connectivity index (χ2v) is 32.5. The number of anilines is 6. The molecule has 2 fully saturated rings. The monoisotopic (exact) mass is 1610 g/mol. The number of likely N-dealkylation sites (N-methyl/N-ethyl adjacent to an activating group) is 1. The van der Waals surface area contributed by atoms with Crippen molar-refractivity contribution < 1.29 is 29.0 Å². The Morgan fingerprint density at radius 3 is 1.36 bits per heavy atom. The lowest BCUT2D eigenvalue weighted by Gasteiger charge is -2.24. The second kappa shape index (κ2) is 48.9. The summed E-state index contributed by atoms with van der Waals surface area (Å²) in [5.41, 5.74) is 15.6. The van der Waals surface area contributed by atoms with Gasteiger partial charge >= 0.3 is 6.03 Å². The van der Waals surface area contributed by atoms with E-state index in [9.17, 15) is 24.3 Å². The molecule has 0 bridgehead atoms. The predicted octanol–water partition coefficient (Wildman–Crippen LogP) is 21.9. The lowest BCUT2D eigenvalue weighted by molar-refractivity contribution is -0.121. The molecule has 4 atom stereocenters. The number of nitrogens with one attached hydrogen (secondary N) is 3. The van der Waals surface area contributed by atoms with E-state index in [4.69, 9.17) is 11.3 Å². The molecule has 9 aromatic rings. The summed E-state index contributed by atoms with van der Waals surface area (Å²) in [5, 5.41) is 24.9. The number of rotatable bonds is 44. The highest BCUT2D eigenvalue weighted by atomic mass is 32.2. The van der Waals surface area contributed by atoms with Crippen LogP contribution in [0.1, 0.15) is 182 Å². The number of thioether (sulfide) groups is 1. The molecule has 0 aliphatic carbocycles. The minimum Gasteiger partial charge on any atom is -0.378 e. The zero-order valence-corrected chi connectivity index (χ0v) is 72.5. The number of carbonyl (C=O) groups is 4. The molecule has 0 saturated carbocycles. The minimum absolute atomic E-state index is 0.0456. The first-order valence-corrected chi connectivity index (χ1v) is 43.9. The van der Waals surface area contributed by atoms with Gasteiger partial charge in [-0.15, -0.1) is 0 Å². The fourth-order valence-electron chi connectivity index (χ4n) is 15.2. The van der Waals surface area contributed by atoms with Gasteiger partial charge in [-0.1, -0.05) is 196 Å². The molecular weight excluding hydrogens is 1480 g/mol. The van der Waals surface area contributed by atoms with Gasteiger partial charge in [0.1, 0.15) is 11.6 Å². The summed E-state index contributed by atoms with van der Waals surface area (Å²) >= 11 is 1.93. The molecule has 17 heteroatoms. The van der Waals surface area contributed by atoms with Crippen LogP contribution in [-0.2, 0) is 19.1 Å². The van der Waals surface area contributed by atoms with Gasteiger partial charge in [-0.3, -0.25) is 14.4 Å². The van der Waals surface area contributed by atoms with E-state index in [0.717, 1.165) is 127 Å². The van der Waals surface area contributed by atoms with E-state index < -0.39 is 6.29 Å². The number of aliphatic hydroxyl groups excluding tert-OH is 1. The van der Waals surface area contributed by atoms with Crippen molar-refractivity contribution in [3.8, 4) is 0 Å². The van der Waals surface area contributed by atoms with Crippen LogP contribution >= 0.6 is 11.8 Å². The van der Waals surface area contributed by atoms with Crippen molar-refractivity contribution in [2.75, 3.05) is 130 Å². The Bertz CT molecular complexity index is 4610. The van der Waals surface area contributed by atoms with Gasteiger partial charge in [-0.2, -0.15) is 11.8 Å². The van der Waals surface area contributed by atoms with Crippen molar-refractivity contribution in [2.24, 2.45) is 0 Å². The molecule has 2 aliphatic rings. The summed E-state index contributed by atoms with van der Waals surface area (Å²) < 4.78 is 5.63. The number of benzene rings is 9. The van der Waals surface area contributed by atoms with E-state index in [-0.39, 0.29) is 24.0 Å². The zero-order chi connectivity index (χ0) is 84.0. The van der Waals surface area contributed by atoms with Crippen LogP contribution < -0.4 is 45.3 Å². The maximum Gasteiger partial charge on any atom is 0.315 e. The third kappa shape index (κ3) is 28.9. The Kier molecular flexibility index (Phi) is 37.8. The summed E-state index contributed by atoms with van der Waals surface area (Å²) in [6.45, 7) is 22.1. The molecule has 0 radical (unpaired) electrons. The molecule has 11 rings (SSSR count). The Morgan fingerprint density at radius 2 is 0.898 bits per heavy atom. The van der Waals surface area contributed by atoms with E-state index in [2.05, 4.69) is 312 Å². The minimum atomic E-state index is -0.998. The standard InChI is InChI=1S/C45H67N5O4S.C30H35N3O2.C26H26N2/c1-4-50(38-30-26-36(27-31-38)23-22-35-24-28-37(29-25-35)49(2)3)33-15-13-19-40(52)17-9-7-14-32-46-43(53)21-10-6-5-8-16-39(51)18-11-12-20-42-44-41(34-55-42)47-45(54)48-44;1-5-32(6-2)28-18-10-24(11-19-28)8-9-25-12-20-29(21-13-25)33(7-3)22-23-35-30(34)26-14-16-27(31-4)17-15-26;1-27(2)25-17-15-19(21-9-5-7-11-23(21)25)13-14-20-16-18-26(28(3)4)24-12-8-6-10-22(20)24/h22-31,41-42,44H,4-21,32-34H2,1-3H3,(H,46,53)(H2,47,48,54);8-21,30,34H,5-7,22-23H2,1-3H3;5-18H,1-4H3/b23-22+;9-8+;14-13+/t41-,42-,44-;30-;/m00./s1. The summed E-state index contributed by atoms with van der Waals surface area (Å²) in [7, 11) is 12.5. The van der Waals surface area contributed by atoms with E-state index in [1.54, 1.807) is 24.3 Å². The second-order valence-electron chi connectivity index (χ2n) is 31.2. The highest BCUT2D eigenvalue weighted by molar-refractivity contribution is 8.00. The number of ketones is 2. The summed E-state index contributed by atoms with van der Waals surface area (Å²) in [4.78, 5) is 65.2. The van der Waals surface area contributed by atoms with Crippen LogP contribution in [0, 0.1) is 6.57 Å². The first-order valence-electron chi connectivity index (χ1n) is 42.9. The van der Waals surface area contributed by atoms with Gasteiger partial charge in [-0.25, -0.2) is 9.64 Å². The molecule has 118 heavy (non-hydrogen) atoms. The summed E-state index contributed by atoms with van der Waals surface area (Å²) in [6.07, 6.45) is 26.5. The molecule has 4 N–H and O–H groups in total. The predicted molar refractivity (Wildman–Crippen MR) is 503 cm³/mol. The van der Waals surface area contributed by atoms with Crippen LogP contribution in [0.5, 0.6) is 0 Å². The van der Waals surface area contributed by atoms with Gasteiger partial charge in [0.25, 0.3) is 0 Å². The number of fused-ring (bicyclic) bond motifs is 3. The number of aliphatic hydroxyl groups is 1. The first kappa shape index (κ1) is 91.3. The number of unbranched alkanes of at least 4 members (excludes halogenated alkanes) is 7. The van der Waals surface area contributed by atoms with Crippen molar-refractivity contribution >= 4 is 133 Å². The van der Waals surface area contributed by atoms with Crippen molar-refractivity contribution in [2.45, 2.75) is 160 Å². The fraction of sp³-hybridized carbons (Fsp3) is 0.396. The van der Waals surface area contributed by atoms with Crippen molar-refractivity contribution in [3.63, 3.8) is 0 Å². The number of urea groups is 1. The topological polar surface area (TPSA) is 158 Å². The van der Waals surface area contributed by atoms with Gasteiger partial charge in [0.2, 0.25) is 5.91 Å². The normalized spacial score (nSPS) is 14.4. The Labute approximate surface area is 708 Å². The molecule has 624 valence electrons. The molecule has 2 heterocycles. The molecule has 0 aromatic heterocycles. The van der Waals surface area contributed by atoms with Crippen LogP contribution in [0.2, 0.25) is 0 Å². The van der Waals surface area contributed by atoms with Gasteiger partial charge in [0, 0.05) is 182 Å². The van der Waals surface area contributed by atoms with E-state index in [1.165, 1.54) is 77.8 Å². The third-order valence-electron chi connectivity index (χ3n) is 22.2. The van der Waals surface area contributed by atoms with E-state index in [1.807, 2.05) is 25.9 Å². The molecule has 3 amide bonds. The van der Waals surface area contributed by atoms with Crippen LogP contribution in [-0.4, -0.2) is 146 Å². The highest BCUT2D eigenvalue weighted by Crippen LogP contribution is 2.36. The Balaban J connectivity index is 0.000000216. The lowest BCUT2D eigenvalue weighted by atomic mass is 9.99. The maximum atomic E-state index is 12.5. The summed E-state index contributed by atoms with van der Waals surface area (Å²) in [5.74, 6) is 1.76. The fourth-order valence-corrected chi connectivity index (χ4v) is 16.8. The largest absolute Gasteiger partial charge is 0.378 e. The average Bonchev–Trinajstić information content (AvgIpc) is 0.846. The van der Waals surface area contributed by atoms with Crippen LogP contribution in [0.4, 0.5) is 44.6 Å². The summed E-state index contributed by atoms with van der Waals surface area (Å²) in [6, 6.07) is 67.7. The van der Waals surface area contributed by atoms with Crippen LogP contribution in [0.3, 0.4) is 0 Å². The van der Waals surface area contributed by atoms with Gasteiger partial charge in [0.15, 0.2) is 12.0 Å². The van der Waals surface area contributed by atoms with Gasteiger partial charge in [0.05, 0.1) is 25.3 Å². The quantitative estimate of drug-likeness (QED) is 0.00941. The molecule has 0 unspecified atom stereocenters. The van der Waals surface area contributed by atoms with Crippen LogP contribution in [0.25, 0.3) is 62.8 Å². The molecule has 0 spiro atoms. The SMILES string of the molecule is CCN(CCCCC(=O)CCCCCNC(=O)CCCCCCC(=O)CCCC[C@@H]1SC[C@@H]2NC(=O)N[C@@H]21)c1ccc(/C=C/c2ccc(N(C)C)cc2)cc1.CN(C)c1ccc(/C=C/c2ccc(N(C)C)c3ccccc23)c2ccccc12.[C-]#[N+]c1ccc([C@@H](O)OCCN(CC)c2ccc(/C=C/c3ccc(N(CC)CC)cc3)cc2)cc1. The smallest absolute Gasteiger partial charge is 0.315 e. The van der Waals surface area contributed by atoms with E-state index >= 15 is 0 Å². The Morgan fingerprint density at radius 1 is 0.475 bits per heavy atom.